The molecule has 1 aromatic rings. The van der Waals surface area contributed by atoms with Crippen molar-refractivity contribution in [1.82, 2.24) is 10.6 Å². The molecule has 0 spiro atoms. The number of nitro benzene ring substituents is 1. The first-order valence-corrected chi connectivity index (χ1v) is 7.24. The van der Waals surface area contributed by atoms with Gasteiger partial charge in [-0.05, 0) is 25.5 Å². The van der Waals surface area contributed by atoms with Gasteiger partial charge in [0.05, 0.1) is 4.92 Å². The van der Waals surface area contributed by atoms with Gasteiger partial charge in [-0.1, -0.05) is 18.5 Å². The van der Waals surface area contributed by atoms with E-state index in [4.69, 9.17) is 11.6 Å². The normalized spacial score (nSPS) is 12.0. The highest BCUT2D eigenvalue weighted by Crippen LogP contribution is 2.22. The predicted molar refractivity (Wildman–Crippen MR) is 82.3 cm³/mol. The van der Waals surface area contributed by atoms with Crippen molar-refractivity contribution in [2.24, 2.45) is 0 Å². The van der Waals surface area contributed by atoms with Crippen molar-refractivity contribution in [3.63, 3.8) is 0 Å². The molecule has 1 rings (SSSR count). The van der Waals surface area contributed by atoms with Gasteiger partial charge in [0.2, 0.25) is 5.91 Å². The molecule has 116 valence electrons. The Labute approximate surface area is 129 Å². The van der Waals surface area contributed by atoms with Crippen LogP contribution in [0.5, 0.6) is 0 Å². The number of rotatable bonds is 8. The van der Waals surface area contributed by atoms with Crippen LogP contribution in [-0.4, -0.2) is 23.4 Å². The summed E-state index contributed by atoms with van der Waals surface area (Å²) in [4.78, 5) is 22.0. The molecule has 7 heteroatoms. The van der Waals surface area contributed by atoms with Gasteiger partial charge < -0.3 is 10.6 Å². The lowest BCUT2D eigenvalue weighted by Crippen LogP contribution is -2.33. The fourth-order valence-corrected chi connectivity index (χ4v) is 1.94. The third-order valence-corrected chi connectivity index (χ3v) is 3.34. The van der Waals surface area contributed by atoms with Crippen molar-refractivity contribution >= 4 is 23.2 Å². The minimum atomic E-state index is -0.441. The molecule has 0 heterocycles. The summed E-state index contributed by atoms with van der Waals surface area (Å²) in [6, 6.07) is 4.59. The molecule has 0 aliphatic heterocycles. The minimum absolute atomic E-state index is 0.0240. The summed E-state index contributed by atoms with van der Waals surface area (Å²) in [5.74, 6) is -0.0301. The Morgan fingerprint density at radius 2 is 2.19 bits per heavy atom. The average molecular weight is 314 g/mol. The summed E-state index contributed by atoms with van der Waals surface area (Å²) in [5, 5.41) is 17.2. The van der Waals surface area contributed by atoms with Crippen LogP contribution >= 0.6 is 11.6 Å². The second kappa shape index (κ2) is 8.59. The Bertz CT molecular complexity index is 508. The third-order valence-electron chi connectivity index (χ3n) is 3.10. The van der Waals surface area contributed by atoms with Crippen molar-refractivity contribution in [3.8, 4) is 0 Å². The molecule has 0 saturated carbocycles. The summed E-state index contributed by atoms with van der Waals surface area (Å²) < 4.78 is 0. The number of benzene rings is 1. The largest absolute Gasteiger partial charge is 0.354 e. The topological polar surface area (TPSA) is 84.3 Å². The van der Waals surface area contributed by atoms with Crippen molar-refractivity contribution < 1.29 is 9.72 Å². The van der Waals surface area contributed by atoms with Gasteiger partial charge in [0.25, 0.3) is 5.69 Å². The fraction of sp³-hybridized carbons (Fsp3) is 0.500. The Balaban J connectivity index is 2.44. The van der Waals surface area contributed by atoms with Gasteiger partial charge in [-0.25, -0.2) is 0 Å². The predicted octanol–water partition coefficient (Wildman–Crippen LogP) is 2.64. The second-order valence-electron chi connectivity index (χ2n) is 4.83. The molecular weight excluding hydrogens is 294 g/mol. The molecule has 6 nitrogen and oxygen atoms in total. The molecule has 0 fully saturated rings. The molecule has 1 atom stereocenters. The van der Waals surface area contributed by atoms with Crippen molar-refractivity contribution in [1.29, 1.82) is 0 Å². The molecule has 0 aromatic heterocycles. The van der Waals surface area contributed by atoms with Gasteiger partial charge in [-0.15, -0.1) is 0 Å². The van der Waals surface area contributed by atoms with Gasteiger partial charge >= 0.3 is 0 Å². The van der Waals surface area contributed by atoms with E-state index in [9.17, 15) is 14.9 Å². The number of amides is 1. The Morgan fingerprint density at radius 3 is 2.81 bits per heavy atom. The number of carbonyl (C=O) groups excluding carboxylic acids is 1. The lowest BCUT2D eigenvalue weighted by Gasteiger charge is -2.11. The van der Waals surface area contributed by atoms with Gasteiger partial charge in [0.1, 0.15) is 0 Å². The van der Waals surface area contributed by atoms with Crippen LogP contribution in [0.4, 0.5) is 5.69 Å². The minimum Gasteiger partial charge on any atom is -0.354 e. The number of nitro groups is 1. The quantitative estimate of drug-likeness (QED) is 0.439. The van der Waals surface area contributed by atoms with Crippen LogP contribution in [0.3, 0.4) is 0 Å². The van der Waals surface area contributed by atoms with Crippen LogP contribution in [-0.2, 0) is 11.3 Å². The van der Waals surface area contributed by atoms with E-state index < -0.39 is 4.92 Å². The summed E-state index contributed by atoms with van der Waals surface area (Å²) in [7, 11) is 0. The zero-order valence-corrected chi connectivity index (χ0v) is 12.9. The van der Waals surface area contributed by atoms with E-state index in [1.54, 1.807) is 6.07 Å². The van der Waals surface area contributed by atoms with Crippen LogP contribution in [0, 0.1) is 10.1 Å². The van der Waals surface area contributed by atoms with Crippen molar-refractivity contribution in [2.45, 2.75) is 39.3 Å². The molecule has 0 bridgehead atoms. The zero-order valence-electron chi connectivity index (χ0n) is 12.2. The average Bonchev–Trinajstić information content (AvgIpc) is 2.43. The molecule has 21 heavy (non-hydrogen) atoms. The van der Waals surface area contributed by atoms with E-state index in [2.05, 4.69) is 10.6 Å². The molecular formula is C14H20ClN3O3. The Morgan fingerprint density at radius 1 is 1.48 bits per heavy atom. The molecule has 0 aliphatic rings. The second-order valence-corrected chi connectivity index (χ2v) is 5.27. The first-order valence-electron chi connectivity index (χ1n) is 6.87. The fourth-order valence-electron chi connectivity index (χ4n) is 1.75. The standard InChI is InChI=1S/C14H20ClN3O3/c1-3-10(2)17-14(19)6-7-16-9-11-8-12(15)4-5-13(11)18(20)21/h4-5,8,10,16H,3,6-7,9H2,1-2H3,(H,17,19). The maximum Gasteiger partial charge on any atom is 0.273 e. The number of halogens is 1. The van der Waals surface area contributed by atoms with Crippen LogP contribution in [0.25, 0.3) is 0 Å². The summed E-state index contributed by atoms with van der Waals surface area (Å²) in [5.41, 5.74) is 0.533. The third kappa shape index (κ3) is 6.10. The highest BCUT2D eigenvalue weighted by molar-refractivity contribution is 6.30. The molecule has 0 aliphatic carbocycles. The number of carbonyl (C=O) groups is 1. The number of hydrogen-bond acceptors (Lipinski definition) is 4. The lowest BCUT2D eigenvalue weighted by atomic mass is 10.2. The Hall–Kier alpha value is -1.66. The summed E-state index contributed by atoms with van der Waals surface area (Å²) >= 11 is 5.84. The number of nitrogens with one attached hydrogen (secondary N) is 2. The van der Waals surface area contributed by atoms with Crippen LogP contribution in [0.2, 0.25) is 5.02 Å². The van der Waals surface area contributed by atoms with E-state index in [-0.39, 0.29) is 17.6 Å². The van der Waals surface area contributed by atoms with Crippen molar-refractivity contribution in [3.05, 3.63) is 38.9 Å². The molecule has 0 radical (unpaired) electrons. The van der Waals surface area contributed by atoms with E-state index in [0.717, 1.165) is 6.42 Å². The molecule has 1 amide bonds. The summed E-state index contributed by atoms with van der Waals surface area (Å²) in [6.45, 7) is 4.70. The maximum absolute atomic E-state index is 11.6. The lowest BCUT2D eigenvalue weighted by molar-refractivity contribution is -0.385. The van der Waals surface area contributed by atoms with Gasteiger partial charge in [-0.2, -0.15) is 0 Å². The molecule has 1 unspecified atom stereocenters. The van der Waals surface area contributed by atoms with E-state index in [1.165, 1.54) is 12.1 Å². The smallest absolute Gasteiger partial charge is 0.273 e. The Kier molecular flexibility index (Phi) is 7.11. The first-order chi connectivity index (χ1) is 9.93. The van der Waals surface area contributed by atoms with Crippen molar-refractivity contribution in [2.75, 3.05) is 6.54 Å². The summed E-state index contributed by atoms with van der Waals surface area (Å²) in [6.07, 6.45) is 1.21. The van der Waals surface area contributed by atoms with E-state index in [1.807, 2.05) is 13.8 Å². The number of nitrogens with zero attached hydrogens (tertiary/aromatic N) is 1. The van der Waals surface area contributed by atoms with Crippen LogP contribution < -0.4 is 10.6 Å². The van der Waals surface area contributed by atoms with Crippen LogP contribution in [0.15, 0.2) is 18.2 Å². The number of hydrogen-bond donors (Lipinski definition) is 2. The maximum atomic E-state index is 11.6. The van der Waals surface area contributed by atoms with E-state index >= 15 is 0 Å². The SMILES string of the molecule is CCC(C)NC(=O)CCNCc1cc(Cl)ccc1[N+](=O)[O-]. The van der Waals surface area contributed by atoms with E-state index in [0.29, 0.717) is 30.1 Å². The van der Waals surface area contributed by atoms with Gasteiger partial charge in [0.15, 0.2) is 0 Å². The molecule has 0 saturated heterocycles. The monoisotopic (exact) mass is 313 g/mol. The molecule has 2 N–H and O–H groups in total. The van der Waals surface area contributed by atoms with Gasteiger partial charge in [0, 0.05) is 42.2 Å². The van der Waals surface area contributed by atoms with Crippen LogP contribution in [0.1, 0.15) is 32.3 Å². The zero-order chi connectivity index (χ0) is 15.8. The van der Waals surface area contributed by atoms with Gasteiger partial charge in [-0.3, -0.25) is 14.9 Å². The highest BCUT2D eigenvalue weighted by Gasteiger charge is 2.13. The highest BCUT2D eigenvalue weighted by atomic mass is 35.5. The first kappa shape index (κ1) is 17.4. The molecule has 1 aromatic carbocycles.